The Kier molecular flexibility index (Phi) is 2.85. The van der Waals surface area contributed by atoms with Gasteiger partial charge in [0, 0.05) is 17.8 Å². The Bertz CT molecular complexity index is 869. The topological polar surface area (TPSA) is 58.2 Å². The molecule has 1 amide bonds. The minimum Gasteiger partial charge on any atom is -0.497 e. The Balaban J connectivity index is 1.69. The Morgan fingerprint density at radius 2 is 2.18 bits per heavy atom. The third kappa shape index (κ3) is 1.94. The number of anilines is 1. The fourth-order valence-electron chi connectivity index (χ4n) is 2.94. The van der Waals surface area contributed by atoms with Crippen molar-refractivity contribution < 1.29 is 9.53 Å². The molecule has 0 aliphatic carbocycles. The van der Waals surface area contributed by atoms with E-state index in [0.29, 0.717) is 12.1 Å². The first-order chi connectivity index (χ1) is 10.8. The number of nitrogens with one attached hydrogen (secondary N) is 1. The Morgan fingerprint density at radius 3 is 3.05 bits per heavy atom. The number of rotatable bonds is 2. The molecule has 0 fully saturated rings. The lowest BCUT2D eigenvalue weighted by atomic mass is 10.1. The summed E-state index contributed by atoms with van der Waals surface area (Å²) in [7, 11) is 1.65. The van der Waals surface area contributed by atoms with Crippen molar-refractivity contribution in [1.29, 1.82) is 0 Å². The molecular weight excluding hydrogens is 278 g/mol. The maximum Gasteiger partial charge on any atom is 0.258 e. The Hall–Kier alpha value is -2.82. The van der Waals surface area contributed by atoms with Gasteiger partial charge in [0.2, 0.25) is 0 Å². The van der Waals surface area contributed by atoms with E-state index in [0.717, 1.165) is 34.5 Å². The highest BCUT2D eigenvalue weighted by Gasteiger charge is 2.26. The molecule has 4 rings (SSSR count). The van der Waals surface area contributed by atoms with E-state index in [1.54, 1.807) is 13.4 Å². The van der Waals surface area contributed by atoms with Gasteiger partial charge in [-0.1, -0.05) is 0 Å². The number of benzene rings is 2. The summed E-state index contributed by atoms with van der Waals surface area (Å²) in [4.78, 5) is 21.8. The first kappa shape index (κ1) is 12.9. The van der Waals surface area contributed by atoms with Crippen LogP contribution in [0.15, 0.2) is 42.7 Å². The fraction of sp³-hybridized carbons (Fsp3) is 0.176. The van der Waals surface area contributed by atoms with Crippen molar-refractivity contribution in [3.8, 4) is 5.75 Å². The minimum absolute atomic E-state index is 0.0143. The molecule has 1 N–H and O–H groups in total. The Morgan fingerprint density at radius 1 is 1.27 bits per heavy atom. The van der Waals surface area contributed by atoms with Crippen LogP contribution in [0.2, 0.25) is 0 Å². The summed E-state index contributed by atoms with van der Waals surface area (Å²) < 4.78 is 5.24. The van der Waals surface area contributed by atoms with Gasteiger partial charge in [-0.3, -0.25) is 4.79 Å². The number of nitrogens with zero attached hydrogens (tertiary/aromatic N) is 2. The average Bonchev–Trinajstić information content (AvgIpc) is 3.19. The first-order valence-corrected chi connectivity index (χ1v) is 7.18. The number of fused-ring (bicyclic) bond motifs is 2. The van der Waals surface area contributed by atoms with Gasteiger partial charge in [0.1, 0.15) is 5.75 Å². The monoisotopic (exact) mass is 293 g/mol. The summed E-state index contributed by atoms with van der Waals surface area (Å²) in [5.41, 5.74) is 4.52. The molecule has 1 aliphatic heterocycles. The third-order valence-electron chi connectivity index (χ3n) is 4.09. The second-order valence-electron chi connectivity index (χ2n) is 5.34. The highest BCUT2D eigenvalue weighted by molar-refractivity contribution is 6.08. The molecule has 0 unspecified atom stereocenters. The number of imidazole rings is 1. The van der Waals surface area contributed by atoms with Crippen LogP contribution in [0.5, 0.6) is 5.75 Å². The van der Waals surface area contributed by atoms with Gasteiger partial charge in [0.15, 0.2) is 0 Å². The lowest BCUT2D eigenvalue weighted by Crippen LogP contribution is -2.28. The molecule has 0 spiro atoms. The van der Waals surface area contributed by atoms with Crippen LogP contribution >= 0.6 is 0 Å². The minimum atomic E-state index is 0.0143. The zero-order chi connectivity index (χ0) is 15.1. The molecule has 2 aromatic carbocycles. The van der Waals surface area contributed by atoms with Gasteiger partial charge >= 0.3 is 0 Å². The van der Waals surface area contributed by atoms with E-state index >= 15 is 0 Å². The van der Waals surface area contributed by atoms with Gasteiger partial charge in [-0.05, 0) is 48.4 Å². The predicted molar refractivity (Wildman–Crippen MR) is 84.5 cm³/mol. The molecule has 2 heterocycles. The van der Waals surface area contributed by atoms with Crippen molar-refractivity contribution in [3.05, 3.63) is 53.9 Å². The lowest BCUT2D eigenvalue weighted by molar-refractivity contribution is 0.0989. The molecule has 0 bridgehead atoms. The molecule has 0 atom stereocenters. The molecule has 0 radical (unpaired) electrons. The molecule has 5 nitrogen and oxygen atoms in total. The van der Waals surface area contributed by atoms with Crippen LogP contribution in [0.3, 0.4) is 0 Å². The summed E-state index contributed by atoms with van der Waals surface area (Å²) >= 11 is 0. The van der Waals surface area contributed by atoms with Crippen molar-refractivity contribution in [2.24, 2.45) is 0 Å². The largest absolute Gasteiger partial charge is 0.497 e. The number of H-pyrrole nitrogens is 1. The molecule has 22 heavy (non-hydrogen) atoms. The van der Waals surface area contributed by atoms with E-state index in [2.05, 4.69) is 9.97 Å². The van der Waals surface area contributed by atoms with Gasteiger partial charge < -0.3 is 14.6 Å². The molecule has 3 aromatic rings. The second kappa shape index (κ2) is 4.87. The van der Waals surface area contributed by atoms with E-state index < -0.39 is 0 Å². The van der Waals surface area contributed by atoms with Crippen LogP contribution < -0.4 is 9.64 Å². The SMILES string of the molecule is COc1ccc2c(c1)CCN2C(=O)c1ccc2nc[nH]c2c1. The van der Waals surface area contributed by atoms with E-state index in [1.165, 1.54) is 0 Å². The van der Waals surface area contributed by atoms with Crippen LogP contribution in [0.25, 0.3) is 11.0 Å². The predicted octanol–water partition coefficient (Wildman–Crippen LogP) is 2.77. The highest BCUT2D eigenvalue weighted by Crippen LogP contribution is 2.32. The number of hydrogen-bond donors (Lipinski definition) is 1. The number of aromatic amines is 1. The van der Waals surface area contributed by atoms with E-state index in [4.69, 9.17) is 4.74 Å². The van der Waals surface area contributed by atoms with Gasteiger partial charge in [0.05, 0.1) is 24.5 Å². The zero-order valence-corrected chi connectivity index (χ0v) is 12.2. The van der Waals surface area contributed by atoms with Crippen molar-refractivity contribution in [1.82, 2.24) is 9.97 Å². The third-order valence-corrected chi connectivity index (χ3v) is 4.09. The van der Waals surface area contributed by atoms with E-state index in [9.17, 15) is 4.79 Å². The van der Waals surface area contributed by atoms with Crippen LogP contribution in [0.1, 0.15) is 15.9 Å². The molecule has 1 aromatic heterocycles. The van der Waals surface area contributed by atoms with Crippen molar-refractivity contribution in [3.63, 3.8) is 0 Å². The van der Waals surface area contributed by atoms with Crippen molar-refractivity contribution in [2.45, 2.75) is 6.42 Å². The molecule has 0 saturated carbocycles. The van der Waals surface area contributed by atoms with Crippen molar-refractivity contribution in [2.75, 3.05) is 18.6 Å². The second-order valence-corrected chi connectivity index (χ2v) is 5.34. The van der Waals surface area contributed by atoms with Gasteiger partial charge in [-0.15, -0.1) is 0 Å². The van der Waals surface area contributed by atoms with Crippen LogP contribution in [0.4, 0.5) is 5.69 Å². The number of aromatic nitrogens is 2. The summed E-state index contributed by atoms with van der Waals surface area (Å²) in [5.74, 6) is 0.840. The van der Waals surface area contributed by atoms with Gasteiger partial charge in [0.25, 0.3) is 5.91 Å². The molecule has 1 aliphatic rings. The number of carbonyl (C=O) groups is 1. The standard InChI is InChI=1S/C17H15N3O2/c1-22-13-3-5-16-11(8-13)6-7-20(16)17(21)12-2-4-14-15(9-12)19-10-18-14/h2-5,8-10H,6-7H2,1H3,(H,18,19). The molecule has 5 heteroatoms. The maximum absolute atomic E-state index is 12.8. The summed E-state index contributed by atoms with van der Waals surface area (Å²) in [5, 5.41) is 0. The molecule has 110 valence electrons. The number of hydrogen-bond acceptors (Lipinski definition) is 3. The number of ether oxygens (including phenoxy) is 1. The first-order valence-electron chi connectivity index (χ1n) is 7.18. The smallest absolute Gasteiger partial charge is 0.258 e. The molecular formula is C17H15N3O2. The fourth-order valence-corrected chi connectivity index (χ4v) is 2.94. The maximum atomic E-state index is 12.8. The van der Waals surface area contributed by atoms with Crippen molar-refractivity contribution >= 4 is 22.6 Å². The summed E-state index contributed by atoms with van der Waals surface area (Å²) in [6, 6.07) is 11.4. The lowest BCUT2D eigenvalue weighted by Gasteiger charge is -2.17. The average molecular weight is 293 g/mol. The number of carbonyl (C=O) groups excluding carboxylic acids is 1. The quantitative estimate of drug-likeness (QED) is 0.790. The van der Waals surface area contributed by atoms with Crippen LogP contribution in [0, 0.1) is 0 Å². The number of amides is 1. The number of methoxy groups -OCH3 is 1. The zero-order valence-electron chi connectivity index (χ0n) is 12.2. The Labute approximate surface area is 127 Å². The van der Waals surface area contributed by atoms with E-state index in [1.807, 2.05) is 41.3 Å². The summed E-state index contributed by atoms with van der Waals surface area (Å²) in [6.45, 7) is 0.697. The van der Waals surface area contributed by atoms with Gasteiger partial charge in [-0.25, -0.2) is 4.98 Å². The molecule has 0 saturated heterocycles. The van der Waals surface area contributed by atoms with Crippen LogP contribution in [-0.4, -0.2) is 29.5 Å². The van der Waals surface area contributed by atoms with Gasteiger partial charge in [-0.2, -0.15) is 0 Å². The highest BCUT2D eigenvalue weighted by atomic mass is 16.5. The van der Waals surface area contributed by atoms with Crippen LogP contribution in [-0.2, 0) is 6.42 Å². The van der Waals surface area contributed by atoms with E-state index in [-0.39, 0.29) is 5.91 Å². The summed E-state index contributed by atoms with van der Waals surface area (Å²) in [6.07, 6.45) is 2.49. The normalized spacial score (nSPS) is 13.4.